The third-order valence-corrected chi connectivity index (χ3v) is 5.67. The number of hydrogen-bond donors (Lipinski definition) is 1. The maximum Gasteiger partial charge on any atom is 0.268 e. The van der Waals surface area contributed by atoms with Crippen LogP contribution in [0.15, 0.2) is 28.0 Å². The average molecular weight is 474 g/mol. The number of oxime groups is 1. The zero-order chi connectivity index (χ0) is 22.1. The monoisotopic (exact) mass is 473 g/mol. The minimum Gasteiger partial charge on any atom is -0.492 e. The molecule has 0 fully saturated rings. The van der Waals surface area contributed by atoms with Crippen molar-refractivity contribution in [3.05, 3.63) is 28.4 Å². The molecule has 158 valence electrons. The third-order valence-electron chi connectivity index (χ3n) is 5.23. The van der Waals surface area contributed by atoms with Crippen LogP contribution in [0.2, 0.25) is 0 Å². The number of amides is 1. The zero-order valence-electron chi connectivity index (χ0n) is 17.6. The lowest BCUT2D eigenvalue weighted by Crippen LogP contribution is -2.52. The van der Waals surface area contributed by atoms with Crippen LogP contribution in [-0.4, -0.2) is 42.5 Å². The van der Waals surface area contributed by atoms with Crippen molar-refractivity contribution in [2.75, 3.05) is 14.2 Å². The van der Waals surface area contributed by atoms with Crippen molar-refractivity contribution >= 4 is 38.5 Å². The number of nitrogens with one attached hydrogen (secondary N) is 1. The second-order valence-electron chi connectivity index (χ2n) is 7.43. The lowest BCUT2D eigenvalue weighted by molar-refractivity contribution is -0.150. The first-order valence-corrected chi connectivity index (χ1v) is 10.3. The smallest absolute Gasteiger partial charge is 0.268 e. The highest BCUT2D eigenvalue weighted by Gasteiger charge is 2.50. The van der Waals surface area contributed by atoms with Gasteiger partial charge in [0.25, 0.3) is 5.91 Å². The van der Waals surface area contributed by atoms with Crippen LogP contribution in [0.25, 0.3) is 10.9 Å². The predicted octanol–water partition coefficient (Wildman–Crippen LogP) is 3.67. The number of methoxy groups -OCH3 is 2. The molecule has 7 nitrogen and oxygen atoms in total. The molecule has 0 aliphatic carbocycles. The normalized spacial score (nSPS) is 19.1. The highest BCUT2D eigenvalue weighted by atomic mass is 79.9. The van der Waals surface area contributed by atoms with Gasteiger partial charge in [-0.3, -0.25) is 9.78 Å². The van der Waals surface area contributed by atoms with Crippen LogP contribution in [0, 0.1) is 18.3 Å². The summed E-state index contributed by atoms with van der Waals surface area (Å²) in [6.07, 6.45) is 7.38. The zero-order valence-corrected chi connectivity index (χ0v) is 19.2. The molecule has 1 aliphatic heterocycles. The molecule has 3 rings (SSSR count). The standard InChI is InChI=1S/C22H24BrN3O4/c1-7-13(4)25-21(27)22(12(2)3)10-17(26-30-22)16-9-14-8-15(23)11-24-18(14)20(29-6)19(16)28-5/h1,8-9,11-13H,10H2,2-6H3,(H,25,27). The van der Waals surface area contributed by atoms with E-state index >= 15 is 0 Å². The quantitative estimate of drug-likeness (QED) is 0.647. The Morgan fingerprint density at radius 3 is 2.60 bits per heavy atom. The Morgan fingerprint density at radius 2 is 2.00 bits per heavy atom. The summed E-state index contributed by atoms with van der Waals surface area (Å²) in [6.45, 7) is 5.57. The molecule has 2 unspecified atom stereocenters. The van der Waals surface area contributed by atoms with Crippen molar-refractivity contribution in [3.8, 4) is 23.8 Å². The van der Waals surface area contributed by atoms with E-state index in [2.05, 4.69) is 37.3 Å². The minimum atomic E-state index is -1.16. The van der Waals surface area contributed by atoms with E-state index in [1.54, 1.807) is 27.3 Å². The van der Waals surface area contributed by atoms with Crippen LogP contribution in [0.5, 0.6) is 11.5 Å². The Bertz CT molecular complexity index is 1060. The first-order valence-electron chi connectivity index (χ1n) is 9.50. The number of carbonyl (C=O) groups is 1. The SMILES string of the molecule is C#CC(C)NC(=O)C1(C(C)C)CC(c2cc3cc(Br)cnc3c(OC)c2OC)=NO1. The van der Waals surface area contributed by atoms with Gasteiger partial charge in [0.2, 0.25) is 5.60 Å². The van der Waals surface area contributed by atoms with E-state index < -0.39 is 11.6 Å². The molecule has 1 aromatic heterocycles. The van der Waals surface area contributed by atoms with Gasteiger partial charge in [-0.15, -0.1) is 6.42 Å². The fraction of sp³-hybridized carbons (Fsp3) is 0.409. The molecule has 1 aliphatic rings. The summed E-state index contributed by atoms with van der Waals surface area (Å²) in [5.74, 6) is 3.04. The molecule has 8 heteroatoms. The molecular weight excluding hydrogens is 450 g/mol. The molecule has 0 radical (unpaired) electrons. The van der Waals surface area contributed by atoms with Crippen molar-refractivity contribution in [3.63, 3.8) is 0 Å². The van der Waals surface area contributed by atoms with Crippen LogP contribution < -0.4 is 14.8 Å². The number of aromatic nitrogens is 1. The van der Waals surface area contributed by atoms with Crippen LogP contribution >= 0.6 is 15.9 Å². The minimum absolute atomic E-state index is 0.145. The Kier molecular flexibility index (Phi) is 6.22. The maximum atomic E-state index is 13.0. The summed E-state index contributed by atoms with van der Waals surface area (Å²) < 4.78 is 12.1. The van der Waals surface area contributed by atoms with Crippen LogP contribution in [0.3, 0.4) is 0 Å². The molecule has 0 spiro atoms. The van der Waals surface area contributed by atoms with E-state index in [1.165, 1.54) is 0 Å². The number of benzene rings is 1. The van der Waals surface area contributed by atoms with Crippen molar-refractivity contribution in [2.24, 2.45) is 11.1 Å². The second kappa shape index (κ2) is 8.52. The molecule has 2 heterocycles. The largest absolute Gasteiger partial charge is 0.492 e. The number of nitrogens with zero attached hydrogens (tertiary/aromatic N) is 2. The number of ether oxygens (including phenoxy) is 2. The fourth-order valence-electron chi connectivity index (χ4n) is 3.46. The summed E-state index contributed by atoms with van der Waals surface area (Å²) in [7, 11) is 3.12. The summed E-state index contributed by atoms with van der Waals surface area (Å²) in [4.78, 5) is 23.2. The van der Waals surface area contributed by atoms with E-state index in [0.717, 1.165) is 9.86 Å². The number of hydrogen-bond acceptors (Lipinski definition) is 6. The van der Waals surface area contributed by atoms with E-state index in [1.807, 2.05) is 26.0 Å². The van der Waals surface area contributed by atoms with Crippen molar-refractivity contribution in [1.29, 1.82) is 0 Å². The van der Waals surface area contributed by atoms with Gasteiger partial charge >= 0.3 is 0 Å². The molecule has 1 aromatic carbocycles. The van der Waals surface area contributed by atoms with Crippen LogP contribution in [0.4, 0.5) is 0 Å². The van der Waals surface area contributed by atoms with Crippen LogP contribution in [-0.2, 0) is 9.63 Å². The lowest BCUT2D eigenvalue weighted by atomic mass is 9.83. The van der Waals surface area contributed by atoms with Gasteiger partial charge in [0.05, 0.1) is 26.0 Å². The highest BCUT2D eigenvalue weighted by Crippen LogP contribution is 2.42. The number of carbonyl (C=O) groups excluding carboxylic acids is 1. The first-order chi connectivity index (χ1) is 14.3. The molecule has 0 bridgehead atoms. The van der Waals surface area contributed by atoms with E-state index in [0.29, 0.717) is 28.3 Å². The van der Waals surface area contributed by atoms with E-state index in [4.69, 9.17) is 20.7 Å². The molecule has 30 heavy (non-hydrogen) atoms. The molecular formula is C22H24BrN3O4. The van der Waals surface area contributed by atoms with E-state index in [-0.39, 0.29) is 18.2 Å². The molecule has 2 aromatic rings. The van der Waals surface area contributed by atoms with Gasteiger partial charge in [-0.2, -0.15) is 0 Å². The van der Waals surface area contributed by atoms with Gasteiger partial charge in [-0.25, -0.2) is 0 Å². The number of halogens is 1. The van der Waals surface area contributed by atoms with E-state index in [9.17, 15) is 4.79 Å². The average Bonchev–Trinajstić information content (AvgIpc) is 3.18. The Hall–Kier alpha value is -2.79. The number of terminal acetylenes is 1. The van der Waals surface area contributed by atoms with Crippen molar-refractivity contribution < 1.29 is 19.1 Å². The molecule has 1 N–H and O–H groups in total. The molecule has 0 saturated carbocycles. The van der Waals surface area contributed by atoms with Gasteiger partial charge in [-0.05, 0) is 35.0 Å². The molecule has 1 amide bonds. The van der Waals surface area contributed by atoms with Crippen molar-refractivity contribution in [1.82, 2.24) is 10.3 Å². The van der Waals surface area contributed by atoms with Crippen LogP contribution in [0.1, 0.15) is 32.8 Å². The van der Waals surface area contributed by atoms with Crippen molar-refractivity contribution in [2.45, 2.75) is 38.8 Å². The van der Waals surface area contributed by atoms with Gasteiger partial charge < -0.3 is 19.6 Å². The second-order valence-corrected chi connectivity index (χ2v) is 8.34. The summed E-state index contributed by atoms with van der Waals surface area (Å²) in [5, 5.41) is 7.93. The van der Waals surface area contributed by atoms with Gasteiger partial charge in [0, 0.05) is 34.0 Å². The Morgan fingerprint density at radius 1 is 1.30 bits per heavy atom. The summed E-state index contributed by atoms with van der Waals surface area (Å²) >= 11 is 3.45. The highest BCUT2D eigenvalue weighted by molar-refractivity contribution is 9.10. The molecule has 0 saturated heterocycles. The Balaban J connectivity index is 2.08. The summed E-state index contributed by atoms with van der Waals surface area (Å²) in [6, 6.07) is 3.43. The molecule has 2 atom stereocenters. The fourth-order valence-corrected chi connectivity index (χ4v) is 3.81. The lowest BCUT2D eigenvalue weighted by Gasteiger charge is -2.30. The van der Waals surface area contributed by atoms with Gasteiger partial charge in [0.1, 0.15) is 5.52 Å². The number of rotatable bonds is 6. The Labute approximate surface area is 184 Å². The summed E-state index contributed by atoms with van der Waals surface area (Å²) in [5.41, 5.74) is 0.770. The first kappa shape index (κ1) is 21.9. The number of fused-ring (bicyclic) bond motifs is 1. The maximum absolute atomic E-state index is 13.0. The topological polar surface area (TPSA) is 82.0 Å². The van der Waals surface area contributed by atoms with Gasteiger partial charge in [-0.1, -0.05) is 24.9 Å². The van der Waals surface area contributed by atoms with Gasteiger partial charge in [0.15, 0.2) is 11.5 Å². The third kappa shape index (κ3) is 3.70. The predicted molar refractivity (Wildman–Crippen MR) is 119 cm³/mol. The number of pyridine rings is 1.